The smallest absolute Gasteiger partial charge is 0.233 e. The van der Waals surface area contributed by atoms with Gasteiger partial charge in [0.25, 0.3) is 0 Å². The van der Waals surface area contributed by atoms with E-state index in [1.165, 1.54) is 5.56 Å². The molecule has 0 fully saturated rings. The first-order valence-electron chi connectivity index (χ1n) is 8.47. The molecule has 0 saturated heterocycles. The zero-order valence-corrected chi connectivity index (χ0v) is 14.3. The number of fused-ring (bicyclic) bond motifs is 1. The maximum atomic E-state index is 12.8. The van der Waals surface area contributed by atoms with E-state index in [2.05, 4.69) is 20.3 Å². The lowest BCUT2D eigenvalue weighted by Gasteiger charge is -2.12. The number of aromatic nitrogens is 3. The van der Waals surface area contributed by atoms with Crippen LogP contribution in [0.4, 0.5) is 5.82 Å². The summed E-state index contributed by atoms with van der Waals surface area (Å²) in [4.78, 5) is 25.6. The molecule has 1 N–H and O–H groups in total. The van der Waals surface area contributed by atoms with E-state index in [4.69, 9.17) is 4.74 Å². The number of rotatable bonds is 4. The summed E-state index contributed by atoms with van der Waals surface area (Å²) >= 11 is 0. The average molecular weight is 346 g/mol. The van der Waals surface area contributed by atoms with Gasteiger partial charge in [0.05, 0.1) is 13.0 Å². The molecule has 0 aliphatic heterocycles. The van der Waals surface area contributed by atoms with Crippen LogP contribution in [0, 0.1) is 0 Å². The molecule has 6 heteroatoms. The molecule has 1 aliphatic carbocycles. The Balaban J connectivity index is 1.53. The number of hydrogen-bond donors (Lipinski definition) is 1. The fourth-order valence-corrected chi connectivity index (χ4v) is 3.25. The number of methoxy groups -OCH3 is 1. The van der Waals surface area contributed by atoms with Crippen LogP contribution < -0.4 is 10.1 Å². The fourth-order valence-electron chi connectivity index (χ4n) is 3.25. The second-order valence-corrected chi connectivity index (χ2v) is 6.13. The van der Waals surface area contributed by atoms with E-state index in [9.17, 15) is 4.79 Å². The van der Waals surface area contributed by atoms with Crippen molar-refractivity contribution in [2.45, 2.75) is 18.8 Å². The quantitative estimate of drug-likeness (QED) is 0.785. The Bertz CT molecular complexity index is 944. The molecule has 2 heterocycles. The molecule has 0 saturated carbocycles. The highest BCUT2D eigenvalue weighted by atomic mass is 16.5. The van der Waals surface area contributed by atoms with E-state index in [0.717, 1.165) is 24.2 Å². The first-order valence-corrected chi connectivity index (χ1v) is 8.47. The summed E-state index contributed by atoms with van der Waals surface area (Å²) in [6.07, 6.45) is 4.97. The van der Waals surface area contributed by atoms with Gasteiger partial charge in [0, 0.05) is 12.4 Å². The molecule has 0 spiro atoms. The van der Waals surface area contributed by atoms with Gasteiger partial charge in [-0.2, -0.15) is 0 Å². The zero-order valence-electron chi connectivity index (χ0n) is 14.3. The molecule has 2 aromatic heterocycles. The number of amides is 1. The van der Waals surface area contributed by atoms with Crippen LogP contribution in [-0.2, 0) is 11.2 Å². The molecule has 130 valence electrons. The van der Waals surface area contributed by atoms with Gasteiger partial charge in [-0.1, -0.05) is 12.1 Å². The van der Waals surface area contributed by atoms with Gasteiger partial charge in [-0.05, 0) is 54.3 Å². The molecule has 6 nitrogen and oxygen atoms in total. The Morgan fingerprint density at radius 3 is 2.88 bits per heavy atom. The predicted octanol–water partition coefficient (Wildman–Crippen LogP) is 3.22. The van der Waals surface area contributed by atoms with Crippen molar-refractivity contribution in [1.29, 1.82) is 0 Å². The van der Waals surface area contributed by atoms with E-state index in [1.807, 2.05) is 36.4 Å². The molecule has 1 unspecified atom stereocenters. The number of nitrogens with one attached hydrogen (secondary N) is 1. The van der Waals surface area contributed by atoms with Crippen molar-refractivity contribution in [1.82, 2.24) is 15.0 Å². The molecule has 4 rings (SSSR count). The van der Waals surface area contributed by atoms with E-state index in [1.54, 1.807) is 25.6 Å². The molecule has 1 atom stereocenters. The molecule has 0 radical (unpaired) electrons. The van der Waals surface area contributed by atoms with Crippen LogP contribution in [0.25, 0.3) is 11.5 Å². The van der Waals surface area contributed by atoms with Crippen LogP contribution in [-0.4, -0.2) is 28.0 Å². The van der Waals surface area contributed by atoms with Crippen molar-refractivity contribution < 1.29 is 9.53 Å². The molecule has 3 aromatic rings. The second kappa shape index (κ2) is 6.92. The van der Waals surface area contributed by atoms with Crippen molar-refractivity contribution >= 4 is 11.7 Å². The molecular formula is C20H18N4O2. The molecular weight excluding hydrogens is 328 g/mol. The summed E-state index contributed by atoms with van der Waals surface area (Å²) in [6, 6.07) is 13.1. The minimum atomic E-state index is -0.177. The van der Waals surface area contributed by atoms with Crippen molar-refractivity contribution in [2.75, 3.05) is 12.4 Å². The third-order valence-electron chi connectivity index (χ3n) is 4.55. The second-order valence-electron chi connectivity index (χ2n) is 6.13. The molecule has 1 aliphatic rings. The van der Waals surface area contributed by atoms with E-state index in [0.29, 0.717) is 17.3 Å². The van der Waals surface area contributed by atoms with Gasteiger partial charge in [-0.25, -0.2) is 9.97 Å². The number of benzene rings is 1. The van der Waals surface area contributed by atoms with Gasteiger partial charge >= 0.3 is 0 Å². The number of carbonyl (C=O) groups is 1. The van der Waals surface area contributed by atoms with Gasteiger partial charge in [-0.3, -0.25) is 9.78 Å². The predicted molar refractivity (Wildman–Crippen MR) is 97.9 cm³/mol. The number of nitrogens with zero attached hydrogens (tertiary/aromatic N) is 3. The van der Waals surface area contributed by atoms with Gasteiger partial charge in [0.15, 0.2) is 5.82 Å². The van der Waals surface area contributed by atoms with Crippen molar-refractivity contribution in [3.8, 4) is 17.3 Å². The number of aryl methyl sites for hydroxylation is 1. The van der Waals surface area contributed by atoms with Gasteiger partial charge in [0.2, 0.25) is 5.91 Å². The zero-order chi connectivity index (χ0) is 17.9. The number of ether oxygens (including phenoxy) is 1. The highest BCUT2D eigenvalue weighted by molar-refractivity contribution is 5.96. The maximum absolute atomic E-state index is 12.8. The van der Waals surface area contributed by atoms with Crippen LogP contribution in [0.1, 0.15) is 23.5 Å². The van der Waals surface area contributed by atoms with Gasteiger partial charge < -0.3 is 10.1 Å². The monoisotopic (exact) mass is 346 g/mol. The van der Waals surface area contributed by atoms with Crippen LogP contribution >= 0.6 is 0 Å². The Kier molecular flexibility index (Phi) is 4.31. The van der Waals surface area contributed by atoms with Crippen LogP contribution in [0.2, 0.25) is 0 Å². The highest BCUT2D eigenvalue weighted by Gasteiger charge is 2.29. The summed E-state index contributed by atoms with van der Waals surface area (Å²) in [6.45, 7) is 0. The summed E-state index contributed by atoms with van der Waals surface area (Å²) in [5, 5.41) is 2.91. The molecule has 1 amide bonds. The van der Waals surface area contributed by atoms with Gasteiger partial charge in [0.1, 0.15) is 17.3 Å². The minimum absolute atomic E-state index is 0.0559. The summed E-state index contributed by atoms with van der Waals surface area (Å²) < 4.78 is 5.26. The van der Waals surface area contributed by atoms with Crippen LogP contribution in [0.3, 0.4) is 0 Å². The van der Waals surface area contributed by atoms with Gasteiger partial charge in [-0.15, -0.1) is 0 Å². The SMILES string of the molecule is COc1ccc2c(c1)CCC2C(=O)Nc1ccnc(-c2ccccn2)n1. The standard InChI is InChI=1S/C20H18N4O2/c1-26-14-6-8-15-13(12-14)5-7-16(15)20(25)24-18-9-11-22-19(23-18)17-4-2-3-10-21-17/h2-4,6,8-12,16H,5,7H2,1H3,(H,22,23,24,25). The topological polar surface area (TPSA) is 77.0 Å². The van der Waals surface area contributed by atoms with Crippen molar-refractivity contribution in [3.63, 3.8) is 0 Å². The highest BCUT2D eigenvalue weighted by Crippen LogP contribution is 2.35. The largest absolute Gasteiger partial charge is 0.497 e. The third kappa shape index (κ3) is 3.13. The van der Waals surface area contributed by atoms with E-state index >= 15 is 0 Å². The lowest BCUT2D eigenvalue weighted by Crippen LogP contribution is -2.20. The Hall–Kier alpha value is -3.28. The maximum Gasteiger partial charge on any atom is 0.233 e. The third-order valence-corrected chi connectivity index (χ3v) is 4.55. The lowest BCUT2D eigenvalue weighted by atomic mass is 10.0. The summed E-state index contributed by atoms with van der Waals surface area (Å²) in [5.74, 6) is 1.55. The number of hydrogen-bond acceptors (Lipinski definition) is 5. The number of pyridine rings is 1. The van der Waals surface area contributed by atoms with Crippen LogP contribution in [0.5, 0.6) is 5.75 Å². The lowest BCUT2D eigenvalue weighted by molar-refractivity contribution is -0.117. The normalized spacial score (nSPS) is 15.3. The van der Waals surface area contributed by atoms with E-state index < -0.39 is 0 Å². The summed E-state index contributed by atoms with van der Waals surface area (Å²) in [7, 11) is 1.65. The molecule has 0 bridgehead atoms. The average Bonchev–Trinajstić information content (AvgIpc) is 3.12. The van der Waals surface area contributed by atoms with Crippen molar-refractivity contribution in [2.24, 2.45) is 0 Å². The fraction of sp³-hybridized carbons (Fsp3) is 0.200. The Morgan fingerprint density at radius 2 is 2.08 bits per heavy atom. The Morgan fingerprint density at radius 1 is 1.15 bits per heavy atom. The number of anilines is 1. The van der Waals surface area contributed by atoms with Crippen LogP contribution in [0.15, 0.2) is 54.9 Å². The Labute approximate surface area is 151 Å². The number of carbonyl (C=O) groups excluding carboxylic acids is 1. The van der Waals surface area contributed by atoms with E-state index in [-0.39, 0.29) is 11.8 Å². The first-order chi connectivity index (χ1) is 12.7. The first kappa shape index (κ1) is 16.2. The molecule has 1 aromatic carbocycles. The minimum Gasteiger partial charge on any atom is -0.497 e. The van der Waals surface area contributed by atoms with Crippen molar-refractivity contribution in [3.05, 3.63) is 66.0 Å². The molecule has 26 heavy (non-hydrogen) atoms. The summed E-state index contributed by atoms with van der Waals surface area (Å²) in [5.41, 5.74) is 2.89.